The smallest absolute Gasteiger partial charge is 0.252 e. The van der Waals surface area contributed by atoms with Crippen LogP contribution in [0, 0.1) is 41.5 Å². The van der Waals surface area contributed by atoms with Crippen molar-refractivity contribution in [3.05, 3.63) is 359 Å². The molecule has 6 nitrogen and oxygen atoms in total. The van der Waals surface area contributed by atoms with E-state index < -0.39 is 24.2 Å². The van der Waals surface area contributed by atoms with Crippen molar-refractivity contribution >= 4 is 211 Å². The molecule has 0 spiro atoms. The normalized spacial score (nSPS) is 14.1. The Morgan fingerprint density at radius 2 is 0.356 bits per heavy atom. The second-order valence-electron chi connectivity index (χ2n) is 46.0. The Morgan fingerprint density at radius 1 is 0.178 bits per heavy atom. The Morgan fingerprint density at radius 3 is 0.548 bits per heavy atom. The van der Waals surface area contributed by atoms with E-state index in [0.717, 1.165) is 67.5 Å². The maximum atomic E-state index is 2.64. The molecule has 6 aliphatic rings. The van der Waals surface area contributed by atoms with Crippen molar-refractivity contribution < 1.29 is 0 Å². The topological polar surface area (TPSA) is 19.4 Å². The highest BCUT2D eigenvalue weighted by molar-refractivity contribution is 7.02. The summed E-state index contributed by atoms with van der Waals surface area (Å²) < 4.78 is 0. The Labute approximate surface area is 806 Å². The first kappa shape index (κ1) is 87.5. The Hall–Kier alpha value is -12.8. The van der Waals surface area contributed by atoms with Gasteiger partial charge in [-0.05, 0) is 321 Å². The molecular weight excluding hydrogens is 1680 g/mol. The summed E-state index contributed by atoms with van der Waals surface area (Å²) in [7, 11) is -5.14. The van der Waals surface area contributed by atoms with Gasteiger partial charge < -0.3 is 29.4 Å². The molecule has 0 saturated carbocycles. The molecule has 0 saturated heterocycles. The van der Waals surface area contributed by atoms with Gasteiger partial charge in [0.1, 0.15) is 0 Å². The monoisotopic (exact) mass is 1800 g/mol. The van der Waals surface area contributed by atoms with Gasteiger partial charge in [-0.15, -0.1) is 0 Å². The lowest BCUT2D eigenvalue weighted by Crippen LogP contribution is -2.61. The minimum Gasteiger partial charge on any atom is -0.311 e. The molecule has 135 heavy (non-hydrogen) atoms. The van der Waals surface area contributed by atoms with Crippen molar-refractivity contribution in [2.24, 2.45) is 0 Å². The Bertz CT molecular complexity index is 6840. The third-order valence-corrected chi connectivity index (χ3v) is 36.2. The predicted octanol–water partition coefficient (Wildman–Crippen LogP) is 26.3. The molecule has 16 aromatic rings. The van der Waals surface area contributed by atoms with E-state index in [9.17, 15) is 0 Å². The number of hydrogen-bond acceptors (Lipinski definition) is 6. The SMILES string of the molecule is Cc1ccc(N2c3ccc(C)cc3B3c4cc(-c5cc(-c6ccc7c(c6)B6c8cc(C)ccc8N(c8ccc(C)cc8)c8cc(C(C)(C)C)cc(c86)N7c6ccc([Si](C)(C)C)cc6)cc(-c6ccc7c(c6)B6c8cc(C)ccc8N(c8ccc(C)cc8)c8cc(C(C)(C)C)cc(c86)N7c6ccc([Si](C)(C)C)cc6)c5)ccc4N(c4ccc([Si](C)(C)C)cc4)c4cc(C(C)(C)C)cc2c43)cc1. The largest absolute Gasteiger partial charge is 0.311 e. The molecule has 0 fully saturated rings. The van der Waals surface area contributed by atoms with Crippen molar-refractivity contribution in [3.63, 3.8) is 0 Å². The summed E-state index contributed by atoms with van der Waals surface area (Å²) in [5.74, 6) is 0. The van der Waals surface area contributed by atoms with Gasteiger partial charge in [-0.3, -0.25) is 0 Å². The summed E-state index contributed by atoms with van der Waals surface area (Å²) in [6, 6.07) is 124. The van der Waals surface area contributed by atoms with Crippen molar-refractivity contribution in [1.29, 1.82) is 0 Å². The second kappa shape index (κ2) is 31.4. The molecule has 0 aliphatic carbocycles. The van der Waals surface area contributed by atoms with Crippen LogP contribution in [0.5, 0.6) is 0 Å². The van der Waals surface area contributed by atoms with Gasteiger partial charge in [0, 0.05) is 102 Å². The van der Waals surface area contributed by atoms with Crippen LogP contribution in [0.2, 0.25) is 58.9 Å². The molecule has 0 amide bonds. The zero-order valence-corrected chi connectivity index (χ0v) is 86.4. The van der Waals surface area contributed by atoms with Crippen LogP contribution in [0.4, 0.5) is 102 Å². The number of aryl methyl sites for hydroxylation is 6. The standard InChI is InChI=1S/C123H123B3N6Si3/c1-76-25-37-91(38-26-76)127-106-55-31-79(4)61-100(106)124-103-67-82(34-58-109(103)130(94-43-49-97(50-44-94)133(16,17)18)115-73-88(121(7,8)9)70-112(127)118(115)124)85-64-86(83-35-59-110-104(68-83)125-101-62-80(5)32-56-107(101)128(92-39-27-77(2)28-40-92)113-71-89(122(10,11)12)74-116(119(113)125)131(110)95-45-51-98(52-46-95)134(19,20)21)66-87(65-85)84-36-60-111-105(69-84)126-102-63-81(6)33-57-108(102)129(93-41-29-78(3)30-42-93)114-72-90(123(13,14)15)75-117(120(114)126)132(111)96-47-53-99(54-48-96)135(22,23)24/h25-75H,1-24H3. The van der Waals surface area contributed by atoms with Crippen molar-refractivity contribution in [1.82, 2.24) is 0 Å². The van der Waals surface area contributed by atoms with Crippen LogP contribution in [0.15, 0.2) is 309 Å². The van der Waals surface area contributed by atoms with Crippen LogP contribution >= 0.6 is 0 Å². The molecule has 0 radical (unpaired) electrons. The maximum absolute atomic E-state index is 2.64. The van der Waals surface area contributed by atoms with E-state index in [4.69, 9.17) is 0 Å². The highest BCUT2D eigenvalue weighted by Crippen LogP contribution is 2.53. The van der Waals surface area contributed by atoms with Gasteiger partial charge >= 0.3 is 0 Å². The van der Waals surface area contributed by atoms with Crippen LogP contribution in [0.25, 0.3) is 33.4 Å². The zero-order chi connectivity index (χ0) is 94.2. The minimum absolute atomic E-state index is 0.131. The quantitative estimate of drug-likeness (QED) is 0.113. The lowest BCUT2D eigenvalue weighted by molar-refractivity contribution is 0.590. The van der Waals surface area contributed by atoms with Crippen molar-refractivity contribution in [2.45, 2.75) is 179 Å². The molecule has 6 aliphatic heterocycles. The Balaban J connectivity index is 0.821. The first-order valence-corrected chi connectivity index (χ1v) is 59.4. The predicted molar refractivity (Wildman–Crippen MR) is 598 cm³/mol. The molecular formula is C123H123B3N6Si3. The van der Waals surface area contributed by atoms with Crippen LogP contribution in [0.1, 0.15) is 112 Å². The van der Waals surface area contributed by atoms with E-state index in [0.29, 0.717) is 0 Å². The first-order chi connectivity index (χ1) is 64.1. The van der Waals surface area contributed by atoms with E-state index in [1.54, 1.807) is 0 Å². The van der Waals surface area contributed by atoms with E-state index in [1.165, 1.54) is 183 Å². The fraction of sp³-hybridized carbons (Fsp3) is 0.220. The van der Waals surface area contributed by atoms with Crippen molar-refractivity contribution in [2.75, 3.05) is 29.4 Å². The summed E-state index contributed by atoms with van der Waals surface area (Å²) in [6.45, 7) is 56.7. The van der Waals surface area contributed by atoms with E-state index in [-0.39, 0.29) is 36.4 Å². The molecule has 0 atom stereocenters. The lowest BCUT2D eigenvalue weighted by atomic mass is 9.33. The third kappa shape index (κ3) is 14.8. The fourth-order valence-corrected chi connectivity index (χ4v) is 25.9. The zero-order valence-electron chi connectivity index (χ0n) is 83.4. The number of fused-ring (bicyclic) bond motifs is 12. The summed E-state index contributed by atoms with van der Waals surface area (Å²) in [4.78, 5) is 15.7. The molecule has 0 unspecified atom stereocenters. The highest BCUT2D eigenvalue weighted by atomic mass is 28.3. The van der Waals surface area contributed by atoms with Crippen LogP contribution in [-0.4, -0.2) is 44.4 Å². The van der Waals surface area contributed by atoms with E-state index in [1.807, 2.05) is 0 Å². The maximum Gasteiger partial charge on any atom is 0.252 e. The molecule has 6 heterocycles. The van der Waals surface area contributed by atoms with Gasteiger partial charge in [-0.1, -0.05) is 316 Å². The molecule has 666 valence electrons. The second-order valence-corrected chi connectivity index (χ2v) is 61.3. The van der Waals surface area contributed by atoms with Crippen LogP contribution < -0.4 is 94.1 Å². The summed E-state index contributed by atoms with van der Waals surface area (Å²) in [5, 5.41) is 4.33. The van der Waals surface area contributed by atoms with E-state index in [2.05, 4.69) is 502 Å². The average molecular weight is 1800 g/mol. The number of nitrogens with zero attached hydrogens (tertiary/aromatic N) is 6. The van der Waals surface area contributed by atoms with Gasteiger partial charge in [-0.2, -0.15) is 0 Å². The number of rotatable bonds is 12. The molecule has 0 bridgehead atoms. The summed E-state index contributed by atoms with van der Waals surface area (Å²) in [5.41, 5.74) is 51.0. The summed E-state index contributed by atoms with van der Waals surface area (Å²) in [6.07, 6.45) is 0. The van der Waals surface area contributed by atoms with Gasteiger partial charge in [0.15, 0.2) is 0 Å². The number of anilines is 18. The molecule has 22 rings (SSSR count). The van der Waals surface area contributed by atoms with Gasteiger partial charge in [0.25, 0.3) is 20.1 Å². The third-order valence-electron chi connectivity index (χ3n) is 30.0. The van der Waals surface area contributed by atoms with Gasteiger partial charge in [0.2, 0.25) is 0 Å². The highest BCUT2D eigenvalue weighted by Gasteiger charge is 2.50. The number of hydrogen-bond donors (Lipinski definition) is 0. The Kier molecular flexibility index (Phi) is 20.3. The van der Waals surface area contributed by atoms with E-state index >= 15 is 0 Å². The average Bonchev–Trinajstić information content (AvgIpc) is 0.701. The fourth-order valence-electron chi connectivity index (χ4n) is 22.4. The molecule has 12 heteroatoms. The number of benzene rings is 16. The lowest BCUT2D eigenvalue weighted by Gasteiger charge is -2.45. The van der Waals surface area contributed by atoms with Gasteiger partial charge in [-0.25, -0.2) is 0 Å². The molecule has 0 N–H and O–H groups in total. The molecule has 16 aromatic carbocycles. The van der Waals surface area contributed by atoms with Crippen molar-refractivity contribution in [3.8, 4) is 33.4 Å². The summed E-state index contributed by atoms with van der Waals surface area (Å²) >= 11 is 0. The van der Waals surface area contributed by atoms with Crippen LogP contribution in [-0.2, 0) is 16.2 Å². The van der Waals surface area contributed by atoms with Gasteiger partial charge in [0.05, 0.1) is 24.2 Å². The first-order valence-electron chi connectivity index (χ1n) is 48.9. The molecule has 0 aromatic heterocycles. The van der Waals surface area contributed by atoms with Crippen LogP contribution in [0.3, 0.4) is 0 Å². The minimum atomic E-state index is -1.71.